The third-order valence-electron chi connectivity index (χ3n) is 3.35. The van der Waals surface area contributed by atoms with Gasteiger partial charge in [0.25, 0.3) is 5.91 Å². The molecule has 0 aromatic carbocycles. The van der Waals surface area contributed by atoms with Crippen LogP contribution in [0.4, 0.5) is 0 Å². The Hall–Kier alpha value is -1.60. The lowest BCUT2D eigenvalue weighted by atomic mass is 9.98. The van der Waals surface area contributed by atoms with E-state index >= 15 is 0 Å². The van der Waals surface area contributed by atoms with Crippen molar-refractivity contribution in [3.8, 4) is 0 Å². The molecule has 0 radical (unpaired) electrons. The zero-order valence-corrected chi connectivity index (χ0v) is 13.2. The number of thioether (sulfide) groups is 1. The van der Waals surface area contributed by atoms with Gasteiger partial charge in [-0.05, 0) is 18.1 Å². The summed E-state index contributed by atoms with van der Waals surface area (Å²) in [7, 11) is 0. The maximum atomic E-state index is 12.5. The lowest BCUT2D eigenvalue weighted by Gasteiger charge is -2.27. The van der Waals surface area contributed by atoms with E-state index in [9.17, 15) is 14.7 Å². The van der Waals surface area contributed by atoms with E-state index in [4.69, 9.17) is 16.6 Å². The van der Waals surface area contributed by atoms with Crippen molar-refractivity contribution in [3.05, 3.63) is 29.1 Å². The molecule has 1 saturated heterocycles. The second-order valence-electron chi connectivity index (χ2n) is 4.74. The number of amides is 1. The van der Waals surface area contributed by atoms with Crippen molar-refractivity contribution in [2.24, 2.45) is 5.92 Å². The molecule has 2 heterocycles. The molecule has 0 spiro atoms. The summed E-state index contributed by atoms with van der Waals surface area (Å²) < 4.78 is 5.44. The second kappa shape index (κ2) is 6.44. The van der Waals surface area contributed by atoms with Gasteiger partial charge in [0.05, 0.1) is 11.2 Å². The summed E-state index contributed by atoms with van der Waals surface area (Å²) in [5.74, 6) is -1.08. The first kappa shape index (κ1) is 15.8. The van der Waals surface area contributed by atoms with Crippen LogP contribution in [0.25, 0.3) is 6.08 Å². The van der Waals surface area contributed by atoms with Crippen molar-refractivity contribution in [3.63, 3.8) is 0 Å². The van der Waals surface area contributed by atoms with Crippen molar-refractivity contribution in [2.75, 3.05) is 0 Å². The van der Waals surface area contributed by atoms with Crippen molar-refractivity contribution >= 4 is 46.3 Å². The van der Waals surface area contributed by atoms with E-state index in [1.807, 2.05) is 6.92 Å². The minimum Gasteiger partial charge on any atom is -0.480 e. The van der Waals surface area contributed by atoms with Crippen LogP contribution < -0.4 is 0 Å². The molecule has 1 N–H and O–H groups in total. The van der Waals surface area contributed by atoms with E-state index < -0.39 is 12.0 Å². The highest BCUT2D eigenvalue weighted by molar-refractivity contribution is 8.26. The number of nitrogens with zero attached hydrogens (tertiary/aromatic N) is 1. The van der Waals surface area contributed by atoms with Gasteiger partial charge in [-0.15, -0.1) is 0 Å². The number of furan rings is 1. The van der Waals surface area contributed by atoms with Gasteiger partial charge in [0.1, 0.15) is 16.1 Å². The average Bonchev–Trinajstić information content (AvgIpc) is 3.02. The van der Waals surface area contributed by atoms with Gasteiger partial charge in [-0.3, -0.25) is 9.69 Å². The van der Waals surface area contributed by atoms with E-state index in [0.717, 1.165) is 11.8 Å². The van der Waals surface area contributed by atoms with E-state index in [2.05, 4.69) is 0 Å². The number of rotatable bonds is 5. The number of thiocarbonyl (C=S) groups is 1. The number of hydrogen-bond donors (Lipinski definition) is 1. The summed E-state index contributed by atoms with van der Waals surface area (Å²) in [5, 5.41) is 9.41. The first-order chi connectivity index (χ1) is 9.95. The van der Waals surface area contributed by atoms with Crippen LogP contribution in [-0.2, 0) is 9.59 Å². The fraction of sp³-hybridized carbons (Fsp3) is 0.357. The predicted octanol–water partition coefficient (Wildman–Crippen LogP) is 2.98. The standard InChI is InChI=1S/C14H15NO4S2/c1-3-8(2)11(13(17)18)15-12(16)10(21-14(15)20)7-9-5-4-6-19-9/h4-8,11H,3H2,1-2H3,(H,17,18)/b10-7+/t8-,11-/m0/s1. The summed E-state index contributed by atoms with van der Waals surface area (Å²) in [6.07, 6.45) is 3.73. The molecular formula is C14H15NO4S2. The minimum absolute atomic E-state index is 0.187. The Balaban J connectivity index is 2.31. The lowest BCUT2D eigenvalue weighted by molar-refractivity contribution is -0.147. The smallest absolute Gasteiger partial charge is 0.327 e. The summed E-state index contributed by atoms with van der Waals surface area (Å²) in [6.45, 7) is 3.69. The highest BCUT2D eigenvalue weighted by Gasteiger charge is 2.42. The molecule has 7 heteroatoms. The Morgan fingerprint density at radius 2 is 2.33 bits per heavy atom. The Kier molecular flexibility index (Phi) is 4.84. The quantitative estimate of drug-likeness (QED) is 0.663. The van der Waals surface area contributed by atoms with Crippen LogP contribution in [0.3, 0.4) is 0 Å². The molecule has 2 atom stereocenters. The van der Waals surface area contributed by atoms with Crippen LogP contribution in [0.2, 0.25) is 0 Å². The Morgan fingerprint density at radius 1 is 1.62 bits per heavy atom. The van der Waals surface area contributed by atoms with E-state index in [1.54, 1.807) is 25.1 Å². The molecule has 0 unspecified atom stereocenters. The fourth-order valence-corrected chi connectivity index (χ4v) is 3.36. The van der Waals surface area contributed by atoms with Crippen LogP contribution in [0, 0.1) is 5.92 Å². The molecular weight excluding hydrogens is 310 g/mol. The molecule has 112 valence electrons. The molecule has 1 amide bonds. The Morgan fingerprint density at radius 3 is 2.86 bits per heavy atom. The number of carboxylic acids is 1. The van der Waals surface area contributed by atoms with Gasteiger partial charge in [-0.25, -0.2) is 4.79 Å². The monoisotopic (exact) mass is 325 g/mol. The predicted molar refractivity (Wildman–Crippen MR) is 84.6 cm³/mol. The van der Waals surface area contributed by atoms with Crippen LogP contribution >= 0.6 is 24.0 Å². The summed E-state index contributed by atoms with van der Waals surface area (Å²) >= 11 is 6.29. The minimum atomic E-state index is -1.04. The zero-order valence-electron chi connectivity index (χ0n) is 11.6. The Bertz CT molecular complexity index is 594. The summed E-state index contributed by atoms with van der Waals surface area (Å²) in [6, 6.07) is 2.49. The van der Waals surface area contributed by atoms with Gasteiger partial charge in [0.15, 0.2) is 0 Å². The third kappa shape index (κ3) is 3.19. The SMILES string of the molecule is CC[C@H](C)[C@@H](C(=O)O)N1C(=O)/C(=C\c2ccco2)SC1=S. The largest absolute Gasteiger partial charge is 0.480 e. The van der Waals surface area contributed by atoms with Crippen molar-refractivity contribution in [2.45, 2.75) is 26.3 Å². The van der Waals surface area contributed by atoms with Gasteiger partial charge >= 0.3 is 5.97 Å². The van der Waals surface area contributed by atoms with E-state index in [1.165, 1.54) is 11.2 Å². The summed E-state index contributed by atoms with van der Waals surface area (Å²) in [4.78, 5) is 25.5. The molecule has 1 aliphatic heterocycles. The van der Waals surface area contributed by atoms with E-state index in [0.29, 0.717) is 17.1 Å². The van der Waals surface area contributed by atoms with Gasteiger partial charge in [-0.1, -0.05) is 44.2 Å². The molecule has 2 rings (SSSR count). The Labute approximate surface area is 132 Å². The summed E-state index contributed by atoms with van der Waals surface area (Å²) in [5.41, 5.74) is 0. The number of carbonyl (C=O) groups excluding carboxylic acids is 1. The van der Waals surface area contributed by atoms with Crippen LogP contribution in [-0.4, -0.2) is 32.2 Å². The molecule has 0 bridgehead atoms. The van der Waals surface area contributed by atoms with Crippen LogP contribution in [0.5, 0.6) is 0 Å². The van der Waals surface area contributed by atoms with Crippen molar-refractivity contribution in [1.82, 2.24) is 4.90 Å². The molecule has 1 aromatic rings. The molecule has 0 aliphatic carbocycles. The normalized spacial score (nSPS) is 20.1. The maximum absolute atomic E-state index is 12.5. The topological polar surface area (TPSA) is 70.8 Å². The first-order valence-corrected chi connectivity index (χ1v) is 7.71. The van der Waals surface area contributed by atoms with Gasteiger partial charge in [0.2, 0.25) is 0 Å². The van der Waals surface area contributed by atoms with Gasteiger partial charge < -0.3 is 9.52 Å². The van der Waals surface area contributed by atoms with Crippen LogP contribution in [0.1, 0.15) is 26.0 Å². The molecule has 0 saturated carbocycles. The lowest BCUT2D eigenvalue weighted by Crippen LogP contribution is -2.47. The number of carboxylic acid groups (broad SMARTS) is 1. The molecule has 1 aliphatic rings. The fourth-order valence-electron chi connectivity index (χ4n) is 2.05. The van der Waals surface area contributed by atoms with E-state index in [-0.39, 0.29) is 16.1 Å². The highest BCUT2D eigenvalue weighted by Crippen LogP contribution is 2.35. The number of aliphatic carboxylic acids is 1. The second-order valence-corrected chi connectivity index (χ2v) is 6.41. The molecule has 1 aromatic heterocycles. The first-order valence-electron chi connectivity index (χ1n) is 6.49. The van der Waals surface area contributed by atoms with Crippen LogP contribution in [0.15, 0.2) is 27.7 Å². The molecule has 21 heavy (non-hydrogen) atoms. The average molecular weight is 325 g/mol. The molecule has 1 fully saturated rings. The highest BCUT2D eigenvalue weighted by atomic mass is 32.2. The van der Waals surface area contributed by atoms with Crippen molar-refractivity contribution < 1.29 is 19.1 Å². The number of carbonyl (C=O) groups is 2. The van der Waals surface area contributed by atoms with Gasteiger partial charge in [-0.2, -0.15) is 0 Å². The third-order valence-corrected chi connectivity index (χ3v) is 4.68. The van der Waals surface area contributed by atoms with Crippen molar-refractivity contribution in [1.29, 1.82) is 0 Å². The van der Waals surface area contributed by atoms with Gasteiger partial charge in [0, 0.05) is 6.08 Å². The maximum Gasteiger partial charge on any atom is 0.327 e. The zero-order chi connectivity index (χ0) is 15.6. The molecule has 5 nitrogen and oxygen atoms in total. The number of hydrogen-bond acceptors (Lipinski definition) is 5.